The molecule has 0 heterocycles. The first-order valence-corrected chi connectivity index (χ1v) is 10.3. The molecule has 30 heavy (non-hydrogen) atoms. The Morgan fingerprint density at radius 1 is 1.10 bits per heavy atom. The van der Waals surface area contributed by atoms with Crippen LogP contribution in [0.1, 0.15) is 37.8 Å². The average molecular weight is 451 g/mol. The van der Waals surface area contributed by atoms with Gasteiger partial charge in [-0.15, -0.1) is 0 Å². The number of aryl methyl sites for hydroxylation is 1. The van der Waals surface area contributed by atoms with Crippen molar-refractivity contribution in [1.29, 1.82) is 0 Å². The number of hydrogen-bond donors (Lipinski definition) is 1. The molecular formula is C22H24Cl2N2O4. The predicted molar refractivity (Wildman–Crippen MR) is 118 cm³/mol. The summed E-state index contributed by atoms with van der Waals surface area (Å²) >= 11 is 11.8. The number of ether oxygens (including phenoxy) is 2. The van der Waals surface area contributed by atoms with Gasteiger partial charge in [-0.25, -0.2) is 5.43 Å². The summed E-state index contributed by atoms with van der Waals surface area (Å²) in [6.45, 7) is 3.78. The van der Waals surface area contributed by atoms with Crippen LogP contribution in [0.15, 0.2) is 47.6 Å². The average Bonchev–Trinajstić information content (AvgIpc) is 2.72. The Morgan fingerprint density at radius 2 is 1.83 bits per heavy atom. The zero-order valence-corrected chi connectivity index (χ0v) is 18.4. The minimum absolute atomic E-state index is 0.171. The Labute approximate surface area is 186 Å². The summed E-state index contributed by atoms with van der Waals surface area (Å²) in [4.78, 5) is 23.3. The molecule has 8 heteroatoms. The third-order valence-corrected chi connectivity index (χ3v) is 4.65. The highest BCUT2D eigenvalue weighted by molar-refractivity contribution is 6.35. The number of rotatable bonds is 10. The van der Waals surface area contributed by atoms with E-state index < -0.39 is 5.91 Å². The van der Waals surface area contributed by atoms with Crippen LogP contribution >= 0.6 is 23.2 Å². The van der Waals surface area contributed by atoms with E-state index in [9.17, 15) is 9.59 Å². The van der Waals surface area contributed by atoms with Crippen LogP contribution in [0.4, 0.5) is 0 Å². The fourth-order valence-electron chi connectivity index (χ4n) is 2.56. The van der Waals surface area contributed by atoms with E-state index in [0.717, 1.165) is 24.0 Å². The first-order chi connectivity index (χ1) is 14.4. The number of benzene rings is 2. The number of halogens is 2. The fourth-order valence-corrected chi connectivity index (χ4v) is 3.02. The van der Waals surface area contributed by atoms with Crippen molar-refractivity contribution in [3.63, 3.8) is 0 Å². The lowest BCUT2D eigenvalue weighted by atomic mass is 10.0. The van der Waals surface area contributed by atoms with Crippen LogP contribution in [0.3, 0.4) is 0 Å². The molecule has 0 aromatic heterocycles. The van der Waals surface area contributed by atoms with E-state index in [1.54, 1.807) is 32.0 Å². The van der Waals surface area contributed by atoms with E-state index in [4.69, 9.17) is 32.7 Å². The molecule has 0 saturated carbocycles. The molecule has 0 unspecified atom stereocenters. The summed E-state index contributed by atoms with van der Waals surface area (Å²) in [5.41, 5.74) is 5.12. The molecule has 6 nitrogen and oxygen atoms in total. The summed E-state index contributed by atoms with van der Waals surface area (Å²) < 4.78 is 10.3. The topological polar surface area (TPSA) is 77.0 Å². The van der Waals surface area contributed by atoms with Crippen LogP contribution in [0, 0.1) is 0 Å². The van der Waals surface area contributed by atoms with Crippen molar-refractivity contribution in [2.24, 2.45) is 5.10 Å². The molecule has 2 aromatic carbocycles. The molecule has 1 N–H and O–H groups in total. The third-order valence-electron chi connectivity index (χ3n) is 4.12. The highest BCUT2D eigenvalue weighted by Gasteiger charge is 2.07. The van der Waals surface area contributed by atoms with E-state index in [1.165, 1.54) is 0 Å². The first kappa shape index (κ1) is 23.7. The minimum atomic E-state index is -0.407. The second kappa shape index (κ2) is 12.2. The maximum absolute atomic E-state index is 12.0. The van der Waals surface area contributed by atoms with Crippen LogP contribution in [0.25, 0.3) is 0 Å². The number of carbonyl (C=O) groups excluding carboxylic acids is 2. The van der Waals surface area contributed by atoms with Crippen LogP contribution < -0.4 is 10.2 Å². The van der Waals surface area contributed by atoms with Gasteiger partial charge >= 0.3 is 5.97 Å². The smallest absolute Gasteiger partial charge is 0.305 e. The summed E-state index contributed by atoms with van der Waals surface area (Å²) in [5, 5.41) is 4.92. The van der Waals surface area contributed by atoms with Crippen molar-refractivity contribution in [2.45, 2.75) is 33.1 Å². The number of carbonyl (C=O) groups is 2. The normalized spacial score (nSPS) is 11.1. The third kappa shape index (κ3) is 8.05. The van der Waals surface area contributed by atoms with Gasteiger partial charge in [-0.05, 0) is 56.0 Å². The molecule has 0 spiro atoms. The van der Waals surface area contributed by atoms with E-state index in [0.29, 0.717) is 34.5 Å². The second-order valence-corrected chi connectivity index (χ2v) is 7.29. The largest absolute Gasteiger partial charge is 0.482 e. The maximum Gasteiger partial charge on any atom is 0.305 e. The number of nitrogens with zero attached hydrogens (tertiary/aromatic N) is 1. The zero-order chi connectivity index (χ0) is 21.9. The van der Waals surface area contributed by atoms with E-state index in [2.05, 4.69) is 10.5 Å². The highest BCUT2D eigenvalue weighted by atomic mass is 35.5. The van der Waals surface area contributed by atoms with Crippen molar-refractivity contribution in [1.82, 2.24) is 5.43 Å². The van der Waals surface area contributed by atoms with Gasteiger partial charge in [0, 0.05) is 11.4 Å². The molecule has 2 rings (SSSR count). The molecule has 0 atom stereocenters. The first-order valence-electron chi connectivity index (χ1n) is 9.55. The molecule has 0 fully saturated rings. The van der Waals surface area contributed by atoms with Crippen LogP contribution in [0.2, 0.25) is 10.0 Å². The van der Waals surface area contributed by atoms with E-state index >= 15 is 0 Å². The quantitative estimate of drug-likeness (QED) is 0.320. The Morgan fingerprint density at radius 3 is 2.50 bits per heavy atom. The lowest BCUT2D eigenvalue weighted by molar-refractivity contribution is -0.143. The van der Waals surface area contributed by atoms with Crippen LogP contribution in [-0.4, -0.2) is 30.8 Å². The molecule has 0 aliphatic rings. The van der Waals surface area contributed by atoms with Gasteiger partial charge in [0.15, 0.2) is 6.61 Å². The van der Waals surface area contributed by atoms with Crippen molar-refractivity contribution in [2.75, 3.05) is 13.2 Å². The number of hydrogen-bond acceptors (Lipinski definition) is 5. The van der Waals surface area contributed by atoms with Gasteiger partial charge in [0.25, 0.3) is 5.91 Å². The standard InChI is InChI=1S/C22H24Cl2N2O4/c1-3-29-22(28)6-4-5-16-7-9-17(10-8-16)15(2)25-26-21(27)14-30-20-12-11-18(23)13-19(20)24/h7-13H,3-6,14H2,1-2H3,(H,26,27)/b25-15+. The molecular weight excluding hydrogens is 427 g/mol. The van der Waals surface area contributed by atoms with Crippen LogP contribution in [0.5, 0.6) is 5.75 Å². The monoisotopic (exact) mass is 450 g/mol. The number of amides is 1. The summed E-state index contributed by atoms with van der Waals surface area (Å²) in [6.07, 6.45) is 1.93. The predicted octanol–water partition coefficient (Wildman–Crippen LogP) is 4.80. The minimum Gasteiger partial charge on any atom is -0.482 e. The lowest BCUT2D eigenvalue weighted by Crippen LogP contribution is -2.25. The Kier molecular flexibility index (Phi) is 9.64. The maximum atomic E-state index is 12.0. The van der Waals surface area contributed by atoms with E-state index in [1.807, 2.05) is 24.3 Å². The van der Waals surface area contributed by atoms with Crippen molar-refractivity contribution < 1.29 is 19.1 Å². The zero-order valence-electron chi connectivity index (χ0n) is 16.9. The molecule has 0 aliphatic carbocycles. The fraction of sp³-hybridized carbons (Fsp3) is 0.318. The van der Waals surface area contributed by atoms with Crippen molar-refractivity contribution >= 4 is 40.8 Å². The van der Waals surface area contributed by atoms with Crippen molar-refractivity contribution in [3.8, 4) is 5.75 Å². The number of hydrazone groups is 1. The summed E-state index contributed by atoms with van der Waals surface area (Å²) in [7, 11) is 0. The van der Waals surface area contributed by atoms with Gasteiger partial charge in [0.05, 0.1) is 17.3 Å². The second-order valence-electron chi connectivity index (χ2n) is 6.45. The van der Waals surface area contributed by atoms with Gasteiger partial charge in [-0.3, -0.25) is 9.59 Å². The van der Waals surface area contributed by atoms with Gasteiger partial charge in [0.2, 0.25) is 0 Å². The van der Waals surface area contributed by atoms with Gasteiger partial charge in [-0.2, -0.15) is 5.10 Å². The van der Waals surface area contributed by atoms with E-state index in [-0.39, 0.29) is 12.6 Å². The SMILES string of the molecule is CCOC(=O)CCCc1ccc(/C(C)=N/NC(=O)COc2ccc(Cl)cc2Cl)cc1. The van der Waals surface area contributed by atoms with Crippen LogP contribution in [-0.2, 0) is 20.7 Å². The Hall–Kier alpha value is -2.57. The molecule has 1 amide bonds. The van der Waals surface area contributed by atoms with Gasteiger partial charge in [0.1, 0.15) is 5.75 Å². The van der Waals surface area contributed by atoms with Crippen molar-refractivity contribution in [3.05, 3.63) is 63.6 Å². The molecule has 0 bridgehead atoms. The lowest BCUT2D eigenvalue weighted by Gasteiger charge is -2.08. The summed E-state index contributed by atoms with van der Waals surface area (Å²) in [5.74, 6) is -0.207. The molecule has 2 aromatic rings. The van der Waals surface area contributed by atoms with Gasteiger partial charge in [-0.1, -0.05) is 47.5 Å². The highest BCUT2D eigenvalue weighted by Crippen LogP contribution is 2.27. The molecule has 0 saturated heterocycles. The molecule has 160 valence electrons. The Bertz CT molecular complexity index is 899. The molecule has 0 radical (unpaired) electrons. The Balaban J connectivity index is 1.80. The number of esters is 1. The summed E-state index contributed by atoms with van der Waals surface area (Å²) in [6, 6.07) is 12.6. The molecule has 0 aliphatic heterocycles. The number of nitrogens with one attached hydrogen (secondary N) is 1. The van der Waals surface area contributed by atoms with Gasteiger partial charge < -0.3 is 9.47 Å².